The number of amides is 6. The first kappa shape index (κ1) is 51.0. The Balaban J connectivity index is 0.787. The molecule has 1 aromatic heterocycles. The maximum Gasteiger partial charge on any atom is 0.349 e. The van der Waals surface area contributed by atoms with E-state index in [1.165, 1.54) is 10.4 Å². The first-order chi connectivity index (χ1) is 33.5. The molecule has 0 bridgehead atoms. The molecule has 3 aromatic carbocycles. The number of unbranched alkanes of at least 4 members (excludes halogenated alkanes) is 3. The molecule has 0 spiro atoms. The van der Waals surface area contributed by atoms with E-state index in [0.29, 0.717) is 59.6 Å². The number of halogens is 1. The van der Waals surface area contributed by atoms with Crippen molar-refractivity contribution < 1.29 is 61.7 Å². The van der Waals surface area contributed by atoms with E-state index in [-0.39, 0.29) is 95.0 Å². The van der Waals surface area contributed by atoms with Crippen LogP contribution in [-0.2, 0) is 39.7 Å². The SMILES string of the molecule is O=C(O)COc1c(C(=O)O)sc(-c2cccc(NC3CCN(S(=O)(=O)Cc4cccc(NC(=O)CCCCCCNC(=O)CNc5cccc6c5C(=O)N(C5CCC(=O)NC5=O)C6=O)c4)CC3)c2)c1Cl. The molecule has 0 saturated carbocycles. The topological polar surface area (TPSA) is 287 Å². The van der Waals surface area contributed by atoms with Gasteiger partial charge in [0, 0.05) is 55.6 Å². The number of carbonyl (C=O) groups is 8. The van der Waals surface area contributed by atoms with Gasteiger partial charge < -0.3 is 36.2 Å². The number of thiophene rings is 1. The molecular weight excluding hydrogens is 970 g/mol. The number of nitrogens with one attached hydrogen (secondary N) is 5. The highest BCUT2D eigenvalue weighted by Crippen LogP contribution is 2.46. The van der Waals surface area contributed by atoms with Crippen molar-refractivity contribution in [3.63, 3.8) is 0 Å². The standard InChI is InChI=1S/C47H50ClN7O13S2/c48-40-41(68-25-38(59)60)43(47(64)65)69-42(40)28-9-6-11-31(23-28)51-29-17-20-54(21-18-29)70(66,67)26-27-8-5-10-30(22-27)52-35(56)14-3-1-2-4-19-49-37(58)24-50-33-13-7-12-32-39(33)46(63)55(45(32)62)34-15-16-36(57)53-44(34)61/h5-13,22-23,29,34,50-51H,1-4,14-21,24-26H2,(H,49,58)(H,52,56)(H,59,60)(H,64,65)(H,53,57,61). The molecule has 1 unspecified atom stereocenters. The maximum absolute atomic E-state index is 13.5. The summed E-state index contributed by atoms with van der Waals surface area (Å²) in [5.74, 6) is -6.10. The van der Waals surface area contributed by atoms with Gasteiger partial charge >= 0.3 is 11.9 Å². The Kier molecular flexibility index (Phi) is 16.5. The van der Waals surface area contributed by atoms with Gasteiger partial charge in [-0.1, -0.05) is 54.8 Å². The smallest absolute Gasteiger partial charge is 0.349 e. The van der Waals surface area contributed by atoms with Crippen molar-refractivity contribution in [2.45, 2.75) is 75.6 Å². The summed E-state index contributed by atoms with van der Waals surface area (Å²) in [6.45, 7) is 0.00905. The number of sulfonamides is 1. The van der Waals surface area contributed by atoms with Crippen molar-refractivity contribution in [1.29, 1.82) is 0 Å². The van der Waals surface area contributed by atoms with Crippen LogP contribution in [0.1, 0.15) is 93.7 Å². The number of fused-ring (bicyclic) bond motifs is 1. The number of hydrogen-bond donors (Lipinski definition) is 7. The lowest BCUT2D eigenvalue weighted by Crippen LogP contribution is -2.54. The molecule has 3 aliphatic rings. The third kappa shape index (κ3) is 12.5. The van der Waals surface area contributed by atoms with E-state index >= 15 is 0 Å². The van der Waals surface area contributed by atoms with Crippen LogP contribution >= 0.6 is 22.9 Å². The normalized spacial score (nSPS) is 16.4. The van der Waals surface area contributed by atoms with Crippen molar-refractivity contribution in [1.82, 2.24) is 19.8 Å². The van der Waals surface area contributed by atoms with Crippen LogP contribution in [0.5, 0.6) is 5.75 Å². The van der Waals surface area contributed by atoms with Gasteiger partial charge in [0.05, 0.1) is 28.3 Å². The molecule has 7 rings (SSSR count). The molecular formula is C47H50ClN7O13S2. The lowest BCUT2D eigenvalue weighted by atomic mass is 10.0. The Morgan fingerprint density at radius 3 is 2.33 bits per heavy atom. The van der Waals surface area contributed by atoms with Gasteiger partial charge in [-0.2, -0.15) is 0 Å². The molecule has 20 nitrogen and oxygen atoms in total. The molecule has 0 aliphatic carbocycles. The van der Waals surface area contributed by atoms with Crippen molar-refractivity contribution >= 4 is 97.4 Å². The molecule has 7 N–H and O–H groups in total. The number of anilines is 3. The van der Waals surface area contributed by atoms with Crippen LogP contribution in [0.2, 0.25) is 5.02 Å². The molecule has 370 valence electrons. The summed E-state index contributed by atoms with van der Waals surface area (Å²) in [6, 6.07) is 17.3. The summed E-state index contributed by atoms with van der Waals surface area (Å²) < 4.78 is 33.7. The van der Waals surface area contributed by atoms with E-state index < -0.39 is 58.2 Å². The predicted octanol–water partition coefficient (Wildman–Crippen LogP) is 5.15. The average molecular weight is 1020 g/mol. The van der Waals surface area contributed by atoms with Gasteiger partial charge in [-0.15, -0.1) is 11.3 Å². The number of nitrogens with zero attached hydrogens (tertiary/aromatic N) is 2. The zero-order chi connectivity index (χ0) is 50.1. The van der Waals surface area contributed by atoms with Gasteiger partial charge in [-0.3, -0.25) is 39.0 Å². The summed E-state index contributed by atoms with van der Waals surface area (Å²) in [4.78, 5) is 99.6. The molecule has 0 radical (unpaired) electrons. The Bertz CT molecular complexity index is 2830. The van der Waals surface area contributed by atoms with Crippen LogP contribution in [0.3, 0.4) is 0 Å². The highest BCUT2D eigenvalue weighted by molar-refractivity contribution is 7.88. The molecule has 4 heterocycles. The van der Waals surface area contributed by atoms with E-state index in [1.54, 1.807) is 54.6 Å². The van der Waals surface area contributed by atoms with E-state index in [9.17, 15) is 51.9 Å². The molecule has 6 amide bonds. The minimum Gasteiger partial charge on any atom is -0.479 e. The quantitative estimate of drug-likeness (QED) is 0.0396. The van der Waals surface area contributed by atoms with E-state index in [0.717, 1.165) is 29.1 Å². The van der Waals surface area contributed by atoms with E-state index in [1.807, 2.05) is 6.07 Å². The molecule has 70 heavy (non-hydrogen) atoms. The zero-order valence-electron chi connectivity index (χ0n) is 37.6. The number of aromatic carboxylic acids is 1. The molecule has 2 fully saturated rings. The fourth-order valence-electron chi connectivity index (χ4n) is 8.41. The van der Waals surface area contributed by atoms with Crippen LogP contribution < -0.4 is 31.3 Å². The van der Waals surface area contributed by atoms with Crippen molar-refractivity contribution in [2.75, 3.05) is 48.7 Å². The Morgan fingerprint density at radius 1 is 0.857 bits per heavy atom. The number of hydrogen-bond acceptors (Lipinski definition) is 14. The second-order valence-corrected chi connectivity index (χ2v) is 20.2. The van der Waals surface area contributed by atoms with E-state index in [4.69, 9.17) is 21.4 Å². The first-order valence-electron chi connectivity index (χ1n) is 22.5. The zero-order valence-corrected chi connectivity index (χ0v) is 40.0. The highest BCUT2D eigenvalue weighted by atomic mass is 35.5. The third-order valence-corrected chi connectivity index (χ3v) is 15.3. The number of carboxylic acid groups (broad SMARTS) is 2. The lowest BCUT2D eigenvalue weighted by Gasteiger charge is -2.32. The largest absolute Gasteiger partial charge is 0.479 e. The van der Waals surface area contributed by atoms with Gasteiger partial charge in [0.2, 0.25) is 33.7 Å². The lowest BCUT2D eigenvalue weighted by molar-refractivity contribution is -0.139. The van der Waals surface area contributed by atoms with Crippen LogP contribution in [0.15, 0.2) is 66.7 Å². The summed E-state index contributed by atoms with van der Waals surface area (Å²) >= 11 is 7.34. The molecule has 23 heteroatoms. The number of aliphatic carboxylic acids is 1. The van der Waals surface area contributed by atoms with Crippen LogP contribution in [0, 0.1) is 0 Å². The van der Waals surface area contributed by atoms with Gasteiger partial charge in [0.15, 0.2) is 17.2 Å². The third-order valence-electron chi connectivity index (χ3n) is 11.8. The Morgan fingerprint density at radius 2 is 1.59 bits per heavy atom. The average Bonchev–Trinajstić information content (AvgIpc) is 3.79. The number of carbonyl (C=O) groups excluding carboxylic acids is 6. The number of ether oxygens (including phenoxy) is 1. The Hall–Kier alpha value is -6.88. The minimum absolute atomic E-state index is 0.00169. The molecule has 4 aromatic rings. The van der Waals surface area contributed by atoms with Crippen LogP contribution in [-0.4, -0.2) is 120 Å². The summed E-state index contributed by atoms with van der Waals surface area (Å²) in [6.07, 6.45) is 4.03. The number of imide groups is 2. The summed E-state index contributed by atoms with van der Waals surface area (Å²) in [5, 5.41) is 32.8. The van der Waals surface area contributed by atoms with Crippen molar-refractivity contribution in [3.8, 4) is 16.2 Å². The predicted molar refractivity (Wildman–Crippen MR) is 258 cm³/mol. The van der Waals surface area contributed by atoms with Gasteiger partial charge in [0.1, 0.15) is 11.1 Å². The van der Waals surface area contributed by atoms with Crippen LogP contribution in [0.25, 0.3) is 10.4 Å². The number of rotatable bonds is 22. The number of benzene rings is 3. The van der Waals surface area contributed by atoms with Gasteiger partial charge in [-0.25, -0.2) is 22.3 Å². The summed E-state index contributed by atoms with van der Waals surface area (Å²) in [7, 11) is -3.70. The Labute approximate surface area is 411 Å². The number of carboxylic acids is 2. The maximum atomic E-state index is 13.5. The fourth-order valence-corrected chi connectivity index (χ4v) is 11.4. The monoisotopic (exact) mass is 1020 g/mol. The van der Waals surface area contributed by atoms with E-state index in [2.05, 4.69) is 26.6 Å². The molecule has 2 saturated heterocycles. The van der Waals surface area contributed by atoms with Crippen LogP contribution in [0.4, 0.5) is 17.1 Å². The summed E-state index contributed by atoms with van der Waals surface area (Å²) in [5.41, 5.74) is 2.74. The van der Waals surface area contributed by atoms with Crippen molar-refractivity contribution in [3.05, 3.63) is 93.3 Å². The van der Waals surface area contributed by atoms with Crippen molar-refractivity contribution in [2.24, 2.45) is 0 Å². The molecule has 3 aliphatic heterocycles. The molecule has 1 atom stereocenters. The first-order valence-corrected chi connectivity index (χ1v) is 25.3. The minimum atomic E-state index is -3.70. The second kappa shape index (κ2) is 22.7. The number of piperidine rings is 2. The second-order valence-electron chi connectivity index (χ2n) is 16.8. The highest BCUT2D eigenvalue weighted by Gasteiger charge is 2.45. The fraction of sp³-hybridized carbons (Fsp3) is 0.362. The van der Waals surface area contributed by atoms with Gasteiger partial charge in [-0.05, 0) is 79.6 Å². The van der Waals surface area contributed by atoms with Gasteiger partial charge in [0.25, 0.3) is 11.8 Å².